The highest BCUT2D eigenvalue weighted by Gasteiger charge is 2.15. The molecule has 0 aliphatic rings. The van der Waals surface area contributed by atoms with Crippen molar-refractivity contribution in [2.75, 3.05) is 6.54 Å². The number of halogens is 2. The fraction of sp³-hybridized carbons (Fsp3) is 0.462. The van der Waals surface area contributed by atoms with Gasteiger partial charge in [0.1, 0.15) is 11.4 Å². The van der Waals surface area contributed by atoms with Crippen LogP contribution in [0.25, 0.3) is 0 Å². The molecule has 0 saturated carbocycles. The maximum Gasteiger partial charge on any atom is 0.320 e. The molecule has 0 unspecified atom stereocenters. The minimum Gasteiger partial charge on any atom is -0.459 e. The van der Waals surface area contributed by atoms with Crippen molar-refractivity contribution in [2.24, 2.45) is 0 Å². The van der Waals surface area contributed by atoms with Crippen molar-refractivity contribution >= 4 is 21.9 Å². The van der Waals surface area contributed by atoms with Crippen LogP contribution in [0.15, 0.2) is 22.7 Å². The predicted molar refractivity (Wildman–Crippen MR) is 71.7 cm³/mol. The molecule has 0 radical (unpaired) electrons. The average Bonchev–Trinajstić information content (AvgIpc) is 2.20. The van der Waals surface area contributed by atoms with Gasteiger partial charge in [0.05, 0.1) is 6.54 Å². The van der Waals surface area contributed by atoms with Crippen LogP contribution < -0.4 is 5.32 Å². The first-order chi connectivity index (χ1) is 8.28. The van der Waals surface area contributed by atoms with Crippen LogP contribution in [0, 0.1) is 5.82 Å². The van der Waals surface area contributed by atoms with Gasteiger partial charge in [-0.3, -0.25) is 4.79 Å². The number of hydrogen-bond acceptors (Lipinski definition) is 3. The molecule has 3 nitrogen and oxygen atoms in total. The highest BCUT2D eigenvalue weighted by atomic mass is 79.9. The van der Waals surface area contributed by atoms with Crippen molar-refractivity contribution < 1.29 is 13.9 Å². The van der Waals surface area contributed by atoms with E-state index in [2.05, 4.69) is 21.2 Å². The van der Waals surface area contributed by atoms with Gasteiger partial charge in [0, 0.05) is 16.6 Å². The molecular formula is C13H17BrFNO2. The van der Waals surface area contributed by atoms with Crippen LogP contribution in [0.1, 0.15) is 26.3 Å². The molecule has 18 heavy (non-hydrogen) atoms. The summed E-state index contributed by atoms with van der Waals surface area (Å²) in [6, 6.07) is 4.69. The molecule has 1 aromatic rings. The Kier molecular flexibility index (Phi) is 5.28. The van der Waals surface area contributed by atoms with Gasteiger partial charge < -0.3 is 10.1 Å². The molecule has 1 N–H and O–H groups in total. The molecule has 0 aromatic heterocycles. The highest BCUT2D eigenvalue weighted by Crippen LogP contribution is 2.15. The predicted octanol–water partition coefficient (Wildman–Crippen LogP) is 3.02. The van der Waals surface area contributed by atoms with Gasteiger partial charge in [-0.1, -0.05) is 15.9 Å². The van der Waals surface area contributed by atoms with Crippen LogP contribution in [-0.4, -0.2) is 18.1 Å². The average molecular weight is 318 g/mol. The Morgan fingerprint density at radius 2 is 2.11 bits per heavy atom. The van der Waals surface area contributed by atoms with E-state index < -0.39 is 5.60 Å². The zero-order valence-corrected chi connectivity index (χ0v) is 12.3. The van der Waals surface area contributed by atoms with E-state index in [-0.39, 0.29) is 24.9 Å². The van der Waals surface area contributed by atoms with E-state index in [1.807, 2.05) is 0 Å². The molecule has 0 heterocycles. The second-order valence-corrected chi connectivity index (χ2v) is 5.84. The number of benzene rings is 1. The van der Waals surface area contributed by atoms with Crippen molar-refractivity contribution in [3.8, 4) is 0 Å². The van der Waals surface area contributed by atoms with Crippen molar-refractivity contribution in [3.63, 3.8) is 0 Å². The van der Waals surface area contributed by atoms with Crippen LogP contribution in [0.4, 0.5) is 4.39 Å². The molecule has 0 amide bonds. The molecule has 0 aliphatic heterocycles. The summed E-state index contributed by atoms with van der Waals surface area (Å²) in [5.41, 5.74) is 0.00714. The van der Waals surface area contributed by atoms with E-state index in [9.17, 15) is 9.18 Å². The van der Waals surface area contributed by atoms with Gasteiger partial charge in [0.2, 0.25) is 0 Å². The van der Waals surface area contributed by atoms with Crippen molar-refractivity contribution in [2.45, 2.75) is 32.9 Å². The second-order valence-electron chi connectivity index (χ2n) is 4.93. The third-order valence-electron chi connectivity index (χ3n) is 2.01. The number of hydrogen-bond donors (Lipinski definition) is 1. The Morgan fingerprint density at radius 3 is 2.72 bits per heavy atom. The first kappa shape index (κ1) is 15.1. The smallest absolute Gasteiger partial charge is 0.320 e. The van der Waals surface area contributed by atoms with Gasteiger partial charge in [0.15, 0.2) is 0 Å². The van der Waals surface area contributed by atoms with Gasteiger partial charge in [0.25, 0.3) is 0 Å². The molecule has 100 valence electrons. The Hall–Kier alpha value is -0.940. The van der Waals surface area contributed by atoms with Gasteiger partial charge in [-0.25, -0.2) is 4.39 Å². The summed E-state index contributed by atoms with van der Waals surface area (Å²) in [7, 11) is 0. The lowest BCUT2D eigenvalue weighted by atomic mass is 10.2. The molecule has 0 atom stereocenters. The normalized spacial score (nSPS) is 11.4. The summed E-state index contributed by atoms with van der Waals surface area (Å²) >= 11 is 3.27. The first-order valence-corrected chi connectivity index (χ1v) is 6.44. The lowest BCUT2D eigenvalue weighted by Gasteiger charge is -2.19. The van der Waals surface area contributed by atoms with E-state index in [1.165, 1.54) is 6.07 Å². The monoisotopic (exact) mass is 317 g/mol. The van der Waals surface area contributed by atoms with Crippen LogP contribution in [0.2, 0.25) is 0 Å². The summed E-state index contributed by atoms with van der Waals surface area (Å²) < 4.78 is 19.3. The lowest BCUT2D eigenvalue weighted by molar-refractivity contribution is -0.153. The van der Waals surface area contributed by atoms with Gasteiger partial charge >= 0.3 is 5.97 Å². The maximum atomic E-state index is 13.4. The molecule has 0 aliphatic carbocycles. The Bertz CT molecular complexity index is 429. The molecule has 0 saturated heterocycles. The van der Waals surface area contributed by atoms with Crippen LogP contribution >= 0.6 is 15.9 Å². The summed E-state index contributed by atoms with van der Waals surface area (Å²) in [6.45, 7) is 5.75. The minimum absolute atomic E-state index is 0.0588. The number of rotatable bonds is 4. The fourth-order valence-corrected chi connectivity index (χ4v) is 1.76. The standard InChI is InChI=1S/C13H17BrFNO2/c1-13(2,3)18-12(17)8-16-7-9-6-10(14)4-5-11(9)15/h4-6,16H,7-8H2,1-3H3. The van der Waals surface area contributed by atoms with E-state index >= 15 is 0 Å². The number of nitrogens with one attached hydrogen (secondary N) is 1. The fourth-order valence-electron chi connectivity index (χ4n) is 1.36. The molecule has 0 bridgehead atoms. The highest BCUT2D eigenvalue weighted by molar-refractivity contribution is 9.10. The zero-order chi connectivity index (χ0) is 13.8. The Morgan fingerprint density at radius 1 is 1.44 bits per heavy atom. The van der Waals surface area contributed by atoms with E-state index in [1.54, 1.807) is 32.9 Å². The number of ether oxygens (including phenoxy) is 1. The molecule has 0 fully saturated rings. The summed E-state index contributed by atoms with van der Waals surface area (Å²) in [6.07, 6.45) is 0. The van der Waals surface area contributed by atoms with Crippen LogP contribution in [0.5, 0.6) is 0 Å². The van der Waals surface area contributed by atoms with Crippen molar-refractivity contribution in [1.82, 2.24) is 5.32 Å². The second kappa shape index (κ2) is 6.29. The Labute approximate surface area is 115 Å². The van der Waals surface area contributed by atoms with Crippen molar-refractivity contribution in [3.05, 3.63) is 34.1 Å². The zero-order valence-electron chi connectivity index (χ0n) is 10.7. The molecular weight excluding hydrogens is 301 g/mol. The van der Waals surface area contributed by atoms with Crippen LogP contribution in [-0.2, 0) is 16.1 Å². The first-order valence-electron chi connectivity index (χ1n) is 5.64. The summed E-state index contributed by atoms with van der Waals surface area (Å²) in [4.78, 5) is 11.4. The maximum absolute atomic E-state index is 13.4. The Balaban J connectivity index is 2.42. The molecule has 5 heteroatoms. The van der Waals surface area contributed by atoms with Gasteiger partial charge in [-0.2, -0.15) is 0 Å². The van der Waals surface area contributed by atoms with E-state index in [0.29, 0.717) is 5.56 Å². The molecule has 1 rings (SSSR count). The largest absolute Gasteiger partial charge is 0.459 e. The van der Waals surface area contributed by atoms with Gasteiger partial charge in [-0.05, 0) is 39.0 Å². The van der Waals surface area contributed by atoms with Crippen molar-refractivity contribution in [1.29, 1.82) is 0 Å². The lowest BCUT2D eigenvalue weighted by Crippen LogP contribution is -2.31. The topological polar surface area (TPSA) is 38.3 Å². The minimum atomic E-state index is -0.500. The summed E-state index contributed by atoms with van der Waals surface area (Å²) in [5, 5.41) is 2.86. The third-order valence-corrected chi connectivity index (χ3v) is 2.51. The summed E-state index contributed by atoms with van der Waals surface area (Å²) in [5.74, 6) is -0.646. The van der Waals surface area contributed by atoms with E-state index in [4.69, 9.17) is 4.74 Å². The number of carbonyl (C=O) groups excluding carboxylic acids is 1. The number of esters is 1. The number of carbonyl (C=O) groups is 1. The molecule has 1 aromatic carbocycles. The van der Waals surface area contributed by atoms with Crippen LogP contribution in [0.3, 0.4) is 0 Å². The van der Waals surface area contributed by atoms with Gasteiger partial charge in [-0.15, -0.1) is 0 Å². The quantitative estimate of drug-likeness (QED) is 0.867. The van der Waals surface area contributed by atoms with E-state index in [0.717, 1.165) is 4.47 Å². The molecule has 0 spiro atoms. The third kappa shape index (κ3) is 5.60. The SMILES string of the molecule is CC(C)(C)OC(=O)CNCc1cc(Br)ccc1F.